The van der Waals surface area contributed by atoms with Crippen LogP contribution in [0.1, 0.15) is 0 Å². The number of ether oxygens (including phenoxy) is 2. The average Bonchev–Trinajstić information content (AvgIpc) is 3.31. The maximum absolute atomic E-state index is 6.73. The predicted molar refractivity (Wildman–Crippen MR) is 157 cm³/mol. The van der Waals surface area contributed by atoms with E-state index in [-0.39, 0.29) is 0 Å². The molecule has 3 heterocycles. The molecule has 2 aliphatic rings. The molecule has 2 aliphatic heterocycles. The molecule has 1 aromatic heterocycles. The molecule has 0 aliphatic carbocycles. The smallest absolute Gasteiger partial charge is 0.141 e. The molecule has 7 aromatic rings. The Morgan fingerprint density at radius 1 is 0.474 bits per heavy atom. The molecule has 3 nitrogen and oxygen atoms in total. The van der Waals surface area contributed by atoms with E-state index < -0.39 is 7.92 Å². The Labute approximate surface area is 220 Å². The highest BCUT2D eigenvalue weighted by atomic mass is 31.1. The van der Waals surface area contributed by atoms with E-state index >= 15 is 0 Å². The molecule has 0 fully saturated rings. The van der Waals surface area contributed by atoms with Crippen molar-refractivity contribution in [2.24, 2.45) is 0 Å². The van der Waals surface area contributed by atoms with Crippen LogP contribution in [-0.2, 0) is 0 Å². The van der Waals surface area contributed by atoms with Gasteiger partial charge in [-0.05, 0) is 35.0 Å². The molecule has 0 bridgehead atoms. The van der Waals surface area contributed by atoms with Crippen molar-refractivity contribution in [3.8, 4) is 28.7 Å². The lowest BCUT2D eigenvalue weighted by Crippen LogP contribution is -2.32. The minimum atomic E-state index is -0.849. The maximum Gasteiger partial charge on any atom is 0.141 e. The van der Waals surface area contributed by atoms with Gasteiger partial charge in [-0.3, -0.25) is 0 Å². The van der Waals surface area contributed by atoms with Gasteiger partial charge in [-0.2, -0.15) is 0 Å². The molecule has 0 radical (unpaired) electrons. The molecule has 0 saturated heterocycles. The number of nitrogens with zero attached hydrogens (tertiary/aromatic N) is 1. The number of benzene rings is 6. The lowest BCUT2D eigenvalue weighted by atomic mass is 10.1. The second-order valence-corrected chi connectivity index (χ2v) is 11.8. The van der Waals surface area contributed by atoms with Crippen LogP contribution in [0.5, 0.6) is 23.0 Å². The van der Waals surface area contributed by atoms with Gasteiger partial charge in [0.15, 0.2) is 0 Å². The Morgan fingerprint density at radius 3 is 1.84 bits per heavy atom. The van der Waals surface area contributed by atoms with Crippen LogP contribution in [0.15, 0.2) is 121 Å². The van der Waals surface area contributed by atoms with Gasteiger partial charge in [0.25, 0.3) is 0 Å². The van der Waals surface area contributed by atoms with Crippen LogP contribution in [0.2, 0.25) is 0 Å². The van der Waals surface area contributed by atoms with Crippen molar-refractivity contribution in [1.29, 1.82) is 0 Å². The van der Waals surface area contributed by atoms with Crippen LogP contribution in [-0.4, -0.2) is 4.57 Å². The summed E-state index contributed by atoms with van der Waals surface area (Å²) in [5, 5.41) is 8.62. The largest absolute Gasteiger partial charge is 0.456 e. The summed E-state index contributed by atoms with van der Waals surface area (Å²) in [5.41, 5.74) is 3.37. The summed E-state index contributed by atoms with van der Waals surface area (Å²) in [6, 6.07) is 43.0. The third-order valence-corrected chi connectivity index (χ3v) is 10.4. The fraction of sp³-hybridized carbons (Fsp3) is 0. The second kappa shape index (κ2) is 7.47. The summed E-state index contributed by atoms with van der Waals surface area (Å²) in [7, 11) is -0.849. The van der Waals surface area contributed by atoms with Crippen LogP contribution in [0.4, 0.5) is 0 Å². The van der Waals surface area contributed by atoms with Crippen LogP contribution < -0.4 is 25.4 Å². The zero-order valence-corrected chi connectivity index (χ0v) is 21.2. The van der Waals surface area contributed by atoms with Crippen molar-refractivity contribution in [3.05, 3.63) is 121 Å². The molecule has 6 aromatic carbocycles. The first-order valence-electron chi connectivity index (χ1n) is 12.8. The highest BCUT2D eigenvalue weighted by Gasteiger charge is 2.38. The number of rotatable bonds is 1. The Bertz CT molecular complexity index is 2040. The Balaban J connectivity index is 1.37. The predicted octanol–water partition coefficient (Wildman–Crippen LogP) is 7.91. The minimum absolute atomic E-state index is 0.849. The molecule has 0 N–H and O–H groups in total. The van der Waals surface area contributed by atoms with E-state index in [1.165, 1.54) is 43.2 Å². The maximum atomic E-state index is 6.73. The van der Waals surface area contributed by atoms with Gasteiger partial charge in [0.1, 0.15) is 23.0 Å². The summed E-state index contributed by atoms with van der Waals surface area (Å²) in [6.07, 6.45) is 0. The van der Waals surface area contributed by atoms with E-state index in [4.69, 9.17) is 9.47 Å². The number of para-hydroxylation sites is 3. The first kappa shape index (κ1) is 20.5. The number of hydrogen-bond acceptors (Lipinski definition) is 2. The highest BCUT2D eigenvalue weighted by molar-refractivity contribution is 7.81. The molecule has 178 valence electrons. The lowest BCUT2D eigenvalue weighted by molar-refractivity contribution is 0.466. The second-order valence-electron chi connectivity index (χ2n) is 9.80. The van der Waals surface area contributed by atoms with Crippen molar-refractivity contribution >= 4 is 56.4 Å². The number of hydrogen-bond donors (Lipinski definition) is 0. The molecular weight excluding hydrogens is 485 g/mol. The molecule has 0 saturated carbocycles. The molecule has 0 spiro atoms. The van der Waals surface area contributed by atoms with E-state index in [1.807, 2.05) is 0 Å². The SMILES string of the molecule is c1ccc2c(c1)Oc1cc(-n3c4ccccc4c4ccccc43)cc3c1P2c1c(ccc2ccccc12)O3. The van der Waals surface area contributed by atoms with Gasteiger partial charge in [0.2, 0.25) is 0 Å². The zero-order chi connectivity index (χ0) is 24.8. The Hall–Kier alpha value is -4.59. The topological polar surface area (TPSA) is 23.4 Å². The van der Waals surface area contributed by atoms with Gasteiger partial charge in [-0.25, -0.2) is 0 Å². The highest BCUT2D eigenvalue weighted by Crippen LogP contribution is 2.54. The zero-order valence-electron chi connectivity index (χ0n) is 20.3. The molecule has 38 heavy (non-hydrogen) atoms. The van der Waals surface area contributed by atoms with Crippen molar-refractivity contribution in [2.75, 3.05) is 0 Å². The normalized spacial score (nSPS) is 15.0. The van der Waals surface area contributed by atoms with Crippen molar-refractivity contribution in [1.82, 2.24) is 4.57 Å². The lowest BCUT2D eigenvalue weighted by Gasteiger charge is -2.35. The van der Waals surface area contributed by atoms with E-state index in [1.54, 1.807) is 0 Å². The van der Waals surface area contributed by atoms with Crippen molar-refractivity contribution in [3.63, 3.8) is 0 Å². The van der Waals surface area contributed by atoms with Crippen molar-refractivity contribution in [2.45, 2.75) is 0 Å². The van der Waals surface area contributed by atoms with Crippen LogP contribution in [0.25, 0.3) is 38.3 Å². The molecule has 1 atom stereocenters. The average molecular weight is 506 g/mol. The summed E-state index contributed by atoms with van der Waals surface area (Å²) in [6.45, 7) is 0. The molecule has 4 heteroatoms. The fourth-order valence-electron chi connectivity index (χ4n) is 6.14. The monoisotopic (exact) mass is 505 g/mol. The van der Waals surface area contributed by atoms with Crippen LogP contribution in [0, 0.1) is 0 Å². The molecule has 1 unspecified atom stereocenters. The summed E-state index contributed by atoms with van der Waals surface area (Å²) in [5.74, 6) is 3.62. The van der Waals surface area contributed by atoms with Gasteiger partial charge in [-0.15, -0.1) is 0 Å². The number of aromatic nitrogens is 1. The fourth-order valence-corrected chi connectivity index (χ4v) is 8.87. The van der Waals surface area contributed by atoms with Crippen LogP contribution in [0.3, 0.4) is 0 Å². The van der Waals surface area contributed by atoms with Crippen LogP contribution >= 0.6 is 7.92 Å². The first-order valence-corrected chi connectivity index (χ1v) is 14.1. The van der Waals surface area contributed by atoms with Crippen molar-refractivity contribution < 1.29 is 9.47 Å². The quantitative estimate of drug-likeness (QED) is 0.212. The molecule has 0 amide bonds. The summed E-state index contributed by atoms with van der Waals surface area (Å²) >= 11 is 0. The van der Waals surface area contributed by atoms with Gasteiger partial charge >= 0.3 is 0 Å². The van der Waals surface area contributed by atoms with Gasteiger partial charge < -0.3 is 14.0 Å². The third-order valence-electron chi connectivity index (χ3n) is 7.72. The standard InChI is InChI=1S/C34H20NO2P/c1-2-10-23-21(9-1)17-18-29-33(23)38-32-16-8-7-15-28(32)36-30-19-22(20-31(37-29)34(30)38)35-26-13-5-3-11-24(26)25-12-4-6-14-27(25)35/h1-20H. The Morgan fingerprint density at radius 2 is 1.08 bits per heavy atom. The Kier molecular flexibility index (Phi) is 4.03. The van der Waals surface area contributed by atoms with E-state index in [0.717, 1.165) is 34.0 Å². The van der Waals surface area contributed by atoms with Gasteiger partial charge in [0.05, 0.1) is 22.0 Å². The van der Waals surface area contributed by atoms with E-state index in [0.29, 0.717) is 0 Å². The number of fused-ring (bicyclic) bond motifs is 9. The molecule has 9 rings (SSSR count). The van der Waals surface area contributed by atoms with Gasteiger partial charge in [0, 0.05) is 41.4 Å². The third kappa shape index (κ3) is 2.66. The van der Waals surface area contributed by atoms with E-state index in [9.17, 15) is 0 Å². The first-order chi connectivity index (χ1) is 18.8. The minimum Gasteiger partial charge on any atom is -0.456 e. The summed E-state index contributed by atoms with van der Waals surface area (Å²) < 4.78 is 15.7. The summed E-state index contributed by atoms with van der Waals surface area (Å²) in [4.78, 5) is 0. The van der Waals surface area contributed by atoms with E-state index in [2.05, 4.69) is 126 Å². The molecular formula is C34H20NO2P. The van der Waals surface area contributed by atoms with Gasteiger partial charge in [-0.1, -0.05) is 84.9 Å².